The van der Waals surface area contributed by atoms with E-state index in [9.17, 15) is 0 Å². The Morgan fingerprint density at radius 2 is 1.95 bits per heavy atom. The number of aryl methyl sites for hydroxylation is 1. The first kappa shape index (κ1) is 15.3. The van der Waals surface area contributed by atoms with Crippen molar-refractivity contribution in [1.82, 2.24) is 4.98 Å². The number of methoxy groups -OCH3 is 2. The van der Waals surface area contributed by atoms with Gasteiger partial charge in [0.15, 0.2) is 0 Å². The number of rotatable bonds is 6. The van der Waals surface area contributed by atoms with Crippen LogP contribution in [-0.4, -0.2) is 19.2 Å². The zero-order valence-electron chi connectivity index (χ0n) is 12.8. The van der Waals surface area contributed by atoms with Crippen molar-refractivity contribution in [2.75, 3.05) is 14.2 Å². The number of pyridine rings is 1. The SMILES string of the molecule is CCc1ccc(CC(N)c2ccc(OC)cc2OC)nc1. The highest BCUT2D eigenvalue weighted by atomic mass is 16.5. The van der Waals surface area contributed by atoms with Crippen molar-refractivity contribution in [2.45, 2.75) is 25.8 Å². The van der Waals surface area contributed by atoms with Crippen molar-refractivity contribution in [3.05, 3.63) is 53.3 Å². The predicted molar refractivity (Wildman–Crippen MR) is 83.8 cm³/mol. The molecule has 1 atom stereocenters. The third-order valence-corrected chi connectivity index (χ3v) is 3.56. The lowest BCUT2D eigenvalue weighted by molar-refractivity contribution is 0.388. The van der Waals surface area contributed by atoms with Crippen molar-refractivity contribution in [3.8, 4) is 11.5 Å². The topological polar surface area (TPSA) is 57.4 Å². The Balaban J connectivity index is 2.17. The zero-order chi connectivity index (χ0) is 15.2. The standard InChI is InChI=1S/C17H22N2O2/c1-4-12-5-6-13(19-11-12)9-16(18)15-8-7-14(20-2)10-17(15)21-3/h5-8,10-11,16H,4,9,18H2,1-3H3. The van der Waals surface area contributed by atoms with Gasteiger partial charge in [-0.25, -0.2) is 0 Å². The molecular weight excluding hydrogens is 264 g/mol. The molecule has 0 radical (unpaired) electrons. The summed E-state index contributed by atoms with van der Waals surface area (Å²) in [7, 11) is 3.27. The summed E-state index contributed by atoms with van der Waals surface area (Å²) in [5.41, 5.74) is 9.48. The van der Waals surface area contributed by atoms with Gasteiger partial charge >= 0.3 is 0 Å². The van der Waals surface area contributed by atoms with Gasteiger partial charge in [0.05, 0.1) is 14.2 Å². The third kappa shape index (κ3) is 3.73. The van der Waals surface area contributed by atoms with Crippen LogP contribution in [0.15, 0.2) is 36.5 Å². The highest BCUT2D eigenvalue weighted by molar-refractivity contribution is 5.42. The molecule has 2 rings (SSSR count). The number of ether oxygens (including phenoxy) is 2. The maximum absolute atomic E-state index is 6.30. The molecular formula is C17H22N2O2. The Morgan fingerprint density at radius 3 is 2.52 bits per heavy atom. The van der Waals surface area contributed by atoms with Crippen LogP contribution in [0.3, 0.4) is 0 Å². The van der Waals surface area contributed by atoms with Crippen LogP contribution in [0, 0.1) is 0 Å². The lowest BCUT2D eigenvalue weighted by Gasteiger charge is -2.16. The number of aromatic nitrogens is 1. The minimum Gasteiger partial charge on any atom is -0.497 e. The molecule has 0 spiro atoms. The molecule has 0 aliphatic heterocycles. The number of hydrogen-bond acceptors (Lipinski definition) is 4. The summed E-state index contributed by atoms with van der Waals surface area (Å²) in [4.78, 5) is 4.46. The van der Waals surface area contributed by atoms with E-state index in [2.05, 4.69) is 18.0 Å². The Kier molecular flexibility index (Phi) is 5.17. The molecule has 0 aliphatic rings. The van der Waals surface area contributed by atoms with E-state index in [0.29, 0.717) is 6.42 Å². The summed E-state index contributed by atoms with van der Waals surface area (Å²) in [6.07, 6.45) is 3.58. The van der Waals surface area contributed by atoms with Crippen molar-refractivity contribution in [2.24, 2.45) is 5.73 Å². The highest BCUT2D eigenvalue weighted by Crippen LogP contribution is 2.29. The van der Waals surface area contributed by atoms with E-state index < -0.39 is 0 Å². The fraction of sp³-hybridized carbons (Fsp3) is 0.353. The van der Waals surface area contributed by atoms with E-state index in [4.69, 9.17) is 15.2 Å². The van der Waals surface area contributed by atoms with E-state index in [1.807, 2.05) is 30.5 Å². The van der Waals surface area contributed by atoms with Gasteiger partial charge in [-0.3, -0.25) is 4.98 Å². The molecule has 112 valence electrons. The molecule has 0 fully saturated rings. The fourth-order valence-electron chi connectivity index (χ4n) is 2.25. The average molecular weight is 286 g/mol. The van der Waals surface area contributed by atoms with Crippen LogP contribution < -0.4 is 15.2 Å². The van der Waals surface area contributed by atoms with Gasteiger partial charge in [0, 0.05) is 36.0 Å². The summed E-state index contributed by atoms with van der Waals surface area (Å²) < 4.78 is 10.6. The van der Waals surface area contributed by atoms with E-state index in [1.54, 1.807) is 14.2 Å². The monoisotopic (exact) mass is 286 g/mol. The number of benzene rings is 1. The molecule has 0 amide bonds. The molecule has 1 aromatic carbocycles. The quantitative estimate of drug-likeness (QED) is 0.887. The van der Waals surface area contributed by atoms with Gasteiger partial charge in [0.2, 0.25) is 0 Å². The normalized spacial score (nSPS) is 12.0. The molecule has 0 saturated heterocycles. The minimum atomic E-state index is -0.161. The Hall–Kier alpha value is -2.07. The maximum atomic E-state index is 6.30. The molecule has 21 heavy (non-hydrogen) atoms. The van der Waals surface area contributed by atoms with Gasteiger partial charge in [-0.1, -0.05) is 19.1 Å². The number of nitrogens with two attached hydrogens (primary N) is 1. The first-order valence-electron chi connectivity index (χ1n) is 7.09. The summed E-state index contributed by atoms with van der Waals surface area (Å²) >= 11 is 0. The van der Waals surface area contributed by atoms with Crippen molar-refractivity contribution in [3.63, 3.8) is 0 Å². The van der Waals surface area contributed by atoms with Crippen LogP contribution in [0.5, 0.6) is 11.5 Å². The smallest absolute Gasteiger partial charge is 0.127 e. The zero-order valence-corrected chi connectivity index (χ0v) is 12.8. The molecule has 1 heterocycles. The van der Waals surface area contributed by atoms with Crippen molar-refractivity contribution < 1.29 is 9.47 Å². The van der Waals surface area contributed by atoms with Crippen LogP contribution in [0.25, 0.3) is 0 Å². The van der Waals surface area contributed by atoms with E-state index in [1.165, 1.54) is 5.56 Å². The van der Waals surface area contributed by atoms with Crippen LogP contribution >= 0.6 is 0 Å². The van der Waals surface area contributed by atoms with Gasteiger partial charge in [-0.15, -0.1) is 0 Å². The summed E-state index contributed by atoms with van der Waals surface area (Å²) in [5.74, 6) is 1.50. The lowest BCUT2D eigenvalue weighted by Crippen LogP contribution is -2.15. The van der Waals surface area contributed by atoms with Crippen molar-refractivity contribution in [1.29, 1.82) is 0 Å². The largest absolute Gasteiger partial charge is 0.497 e. The molecule has 4 nitrogen and oxygen atoms in total. The molecule has 2 aromatic rings. The van der Waals surface area contributed by atoms with Crippen molar-refractivity contribution >= 4 is 0 Å². The minimum absolute atomic E-state index is 0.161. The summed E-state index contributed by atoms with van der Waals surface area (Å²) in [6, 6.07) is 9.66. The highest BCUT2D eigenvalue weighted by Gasteiger charge is 2.14. The van der Waals surface area contributed by atoms with Gasteiger partial charge in [-0.2, -0.15) is 0 Å². The molecule has 1 unspecified atom stereocenters. The van der Waals surface area contributed by atoms with Crippen LogP contribution in [-0.2, 0) is 12.8 Å². The summed E-state index contributed by atoms with van der Waals surface area (Å²) in [6.45, 7) is 2.12. The number of nitrogens with zero attached hydrogens (tertiary/aromatic N) is 1. The first-order chi connectivity index (χ1) is 10.2. The van der Waals surface area contributed by atoms with Crippen LogP contribution in [0.1, 0.15) is 29.8 Å². The number of hydrogen-bond donors (Lipinski definition) is 1. The summed E-state index contributed by atoms with van der Waals surface area (Å²) in [5, 5.41) is 0. The Morgan fingerprint density at radius 1 is 1.14 bits per heavy atom. The third-order valence-electron chi connectivity index (χ3n) is 3.56. The first-order valence-corrected chi connectivity index (χ1v) is 7.09. The second-order valence-electron chi connectivity index (χ2n) is 4.93. The van der Waals surface area contributed by atoms with Gasteiger partial charge in [0.25, 0.3) is 0 Å². The lowest BCUT2D eigenvalue weighted by atomic mass is 10.0. The van der Waals surface area contributed by atoms with Gasteiger partial charge < -0.3 is 15.2 Å². The van der Waals surface area contributed by atoms with Crippen LogP contribution in [0.2, 0.25) is 0 Å². The van der Waals surface area contributed by atoms with Crippen LogP contribution in [0.4, 0.5) is 0 Å². The molecule has 0 aliphatic carbocycles. The van der Waals surface area contributed by atoms with Gasteiger partial charge in [-0.05, 0) is 24.1 Å². The van der Waals surface area contributed by atoms with E-state index in [-0.39, 0.29) is 6.04 Å². The predicted octanol–water partition coefficient (Wildman–Crippen LogP) is 2.90. The van der Waals surface area contributed by atoms with E-state index in [0.717, 1.165) is 29.2 Å². The Labute approximate surface area is 125 Å². The molecule has 1 aromatic heterocycles. The molecule has 0 saturated carbocycles. The van der Waals surface area contributed by atoms with E-state index >= 15 is 0 Å². The average Bonchev–Trinajstić information content (AvgIpc) is 2.54. The molecule has 0 bridgehead atoms. The molecule has 4 heteroatoms. The fourth-order valence-corrected chi connectivity index (χ4v) is 2.25. The van der Waals surface area contributed by atoms with Gasteiger partial charge in [0.1, 0.15) is 11.5 Å². The second kappa shape index (κ2) is 7.09. The molecule has 2 N–H and O–H groups in total. The maximum Gasteiger partial charge on any atom is 0.127 e. The Bertz CT molecular complexity index is 582. The second-order valence-corrected chi connectivity index (χ2v) is 4.93.